The monoisotopic (exact) mass is 345 g/mol. The Hall–Kier alpha value is -1.02. The molecule has 1 aliphatic heterocycles. The summed E-state index contributed by atoms with van der Waals surface area (Å²) in [5.74, 6) is 2.62. The topological polar surface area (TPSA) is 12.5 Å². The average Bonchev–Trinajstić information content (AvgIpc) is 2.44. The third kappa shape index (κ3) is 6.66. The number of hydrogen-bond acceptors (Lipinski definition) is 2. The quantitative estimate of drug-likeness (QED) is 0.650. The van der Waals surface area contributed by atoms with E-state index < -0.39 is 0 Å². The van der Waals surface area contributed by atoms with E-state index in [-0.39, 0.29) is 5.41 Å². The highest BCUT2D eigenvalue weighted by molar-refractivity contribution is 5.31. The third-order valence-corrected chi connectivity index (χ3v) is 5.23. The zero-order valence-corrected chi connectivity index (χ0v) is 17.6. The van der Waals surface area contributed by atoms with E-state index in [2.05, 4.69) is 77.6 Å². The van der Waals surface area contributed by atoms with Crippen LogP contribution in [0.4, 0.5) is 0 Å². The molecule has 1 saturated heterocycles. The Labute approximate surface area is 156 Å². The fourth-order valence-corrected chi connectivity index (χ4v) is 4.70. The molecule has 2 nitrogen and oxygen atoms in total. The van der Waals surface area contributed by atoms with Crippen molar-refractivity contribution < 1.29 is 4.74 Å². The molecule has 0 N–H and O–H groups in total. The Kier molecular flexibility index (Phi) is 6.59. The molecular weight excluding hydrogens is 306 g/mol. The van der Waals surface area contributed by atoms with Crippen molar-refractivity contribution in [1.82, 2.24) is 4.90 Å². The fourth-order valence-electron chi connectivity index (χ4n) is 4.70. The zero-order chi connectivity index (χ0) is 18.7. The van der Waals surface area contributed by atoms with Crippen LogP contribution in [0.15, 0.2) is 24.3 Å². The van der Waals surface area contributed by atoms with Gasteiger partial charge in [-0.2, -0.15) is 0 Å². The Balaban J connectivity index is 1.84. The molecule has 1 heterocycles. The van der Waals surface area contributed by atoms with Crippen LogP contribution in [0.1, 0.15) is 66.9 Å². The van der Waals surface area contributed by atoms with Crippen LogP contribution in [-0.2, 0) is 5.41 Å². The van der Waals surface area contributed by atoms with E-state index in [9.17, 15) is 0 Å². The van der Waals surface area contributed by atoms with Crippen molar-refractivity contribution in [3.63, 3.8) is 0 Å². The van der Waals surface area contributed by atoms with E-state index in [1.165, 1.54) is 31.5 Å². The lowest BCUT2D eigenvalue weighted by molar-refractivity contribution is 0.120. The van der Waals surface area contributed by atoms with Crippen LogP contribution < -0.4 is 4.74 Å². The van der Waals surface area contributed by atoms with Gasteiger partial charge in [-0.05, 0) is 53.2 Å². The van der Waals surface area contributed by atoms with Crippen molar-refractivity contribution in [2.75, 3.05) is 26.2 Å². The van der Waals surface area contributed by atoms with Gasteiger partial charge in [0.25, 0.3) is 0 Å². The summed E-state index contributed by atoms with van der Waals surface area (Å²) in [6.07, 6.45) is 2.54. The molecule has 2 rings (SSSR count). The summed E-state index contributed by atoms with van der Waals surface area (Å²) in [6.45, 7) is 20.6. The highest BCUT2D eigenvalue weighted by atomic mass is 16.5. The van der Waals surface area contributed by atoms with Crippen molar-refractivity contribution in [1.29, 1.82) is 0 Å². The Morgan fingerprint density at radius 1 is 0.960 bits per heavy atom. The highest BCUT2D eigenvalue weighted by Gasteiger charge is 2.27. The van der Waals surface area contributed by atoms with Gasteiger partial charge in [0.2, 0.25) is 0 Å². The van der Waals surface area contributed by atoms with Crippen LogP contribution in [0.3, 0.4) is 0 Å². The molecule has 142 valence electrons. The van der Waals surface area contributed by atoms with Crippen molar-refractivity contribution in [3.05, 3.63) is 29.8 Å². The standard InChI is InChI=1S/C23H39NO/c1-18-14-19(2)16-24(15-18)12-13-25-21-10-8-20(9-11-21)23(6,7)17-22(3,4)5/h8-11,18-19H,12-17H2,1-7H3. The molecule has 0 saturated carbocycles. The average molecular weight is 346 g/mol. The lowest BCUT2D eigenvalue weighted by Crippen LogP contribution is -2.40. The SMILES string of the molecule is CC1CC(C)CN(CCOc2ccc(C(C)(C)CC(C)(C)C)cc2)C1. The van der Waals surface area contributed by atoms with Gasteiger partial charge in [0, 0.05) is 19.6 Å². The largest absolute Gasteiger partial charge is 0.492 e. The Bertz CT molecular complexity index is 516. The minimum absolute atomic E-state index is 0.191. The molecule has 0 spiro atoms. The second-order valence-corrected chi connectivity index (χ2v) is 10.2. The minimum atomic E-state index is 0.191. The molecule has 0 bridgehead atoms. The second kappa shape index (κ2) is 8.12. The van der Waals surface area contributed by atoms with Crippen molar-refractivity contribution in [3.8, 4) is 5.75 Å². The predicted molar refractivity (Wildman–Crippen MR) is 108 cm³/mol. The number of hydrogen-bond donors (Lipinski definition) is 0. The van der Waals surface area contributed by atoms with Crippen LogP contribution in [0.25, 0.3) is 0 Å². The maximum atomic E-state index is 6.01. The second-order valence-electron chi connectivity index (χ2n) is 10.2. The van der Waals surface area contributed by atoms with E-state index >= 15 is 0 Å². The van der Waals surface area contributed by atoms with Gasteiger partial charge in [-0.1, -0.05) is 60.6 Å². The summed E-state index contributed by atoms with van der Waals surface area (Å²) in [7, 11) is 0. The van der Waals surface area contributed by atoms with Gasteiger partial charge in [-0.15, -0.1) is 0 Å². The van der Waals surface area contributed by atoms with Gasteiger partial charge in [0.05, 0.1) is 0 Å². The minimum Gasteiger partial charge on any atom is -0.492 e. The highest BCUT2D eigenvalue weighted by Crippen LogP contribution is 2.36. The van der Waals surface area contributed by atoms with Gasteiger partial charge in [0.1, 0.15) is 12.4 Å². The molecule has 0 aromatic heterocycles. The third-order valence-electron chi connectivity index (χ3n) is 5.23. The molecule has 1 aliphatic rings. The molecule has 0 amide bonds. The first-order valence-electron chi connectivity index (χ1n) is 10.0. The van der Waals surface area contributed by atoms with E-state index in [1.807, 2.05) is 0 Å². The molecule has 1 fully saturated rings. The molecule has 2 heteroatoms. The zero-order valence-electron chi connectivity index (χ0n) is 17.6. The number of benzene rings is 1. The maximum Gasteiger partial charge on any atom is 0.119 e. The molecule has 1 aromatic rings. The molecule has 2 atom stereocenters. The summed E-state index contributed by atoms with van der Waals surface area (Å²) in [6, 6.07) is 8.76. The first-order valence-corrected chi connectivity index (χ1v) is 10.0. The van der Waals surface area contributed by atoms with Gasteiger partial charge >= 0.3 is 0 Å². The van der Waals surface area contributed by atoms with E-state index in [4.69, 9.17) is 4.74 Å². The van der Waals surface area contributed by atoms with Gasteiger partial charge < -0.3 is 4.74 Å². The van der Waals surface area contributed by atoms with E-state index in [0.717, 1.165) is 30.7 Å². The summed E-state index contributed by atoms with van der Waals surface area (Å²) in [4.78, 5) is 2.56. The normalized spacial score (nSPS) is 22.8. The van der Waals surface area contributed by atoms with Crippen molar-refractivity contribution >= 4 is 0 Å². The number of ether oxygens (including phenoxy) is 1. The predicted octanol–water partition coefficient (Wildman–Crippen LogP) is 5.76. The summed E-state index contributed by atoms with van der Waals surface area (Å²) in [5.41, 5.74) is 1.92. The van der Waals surface area contributed by atoms with Crippen molar-refractivity contribution in [2.45, 2.75) is 66.7 Å². The van der Waals surface area contributed by atoms with Crippen LogP contribution in [0, 0.1) is 17.3 Å². The number of piperidine rings is 1. The lowest BCUT2D eigenvalue weighted by Gasteiger charge is -2.34. The number of nitrogens with zero attached hydrogens (tertiary/aromatic N) is 1. The van der Waals surface area contributed by atoms with Crippen LogP contribution in [0.5, 0.6) is 5.75 Å². The van der Waals surface area contributed by atoms with Gasteiger partial charge in [-0.25, -0.2) is 0 Å². The Morgan fingerprint density at radius 2 is 1.52 bits per heavy atom. The fraction of sp³-hybridized carbons (Fsp3) is 0.739. The van der Waals surface area contributed by atoms with Crippen LogP contribution in [-0.4, -0.2) is 31.1 Å². The molecule has 1 aromatic carbocycles. The summed E-state index contributed by atoms with van der Waals surface area (Å²) < 4.78 is 6.01. The van der Waals surface area contributed by atoms with Crippen molar-refractivity contribution in [2.24, 2.45) is 17.3 Å². The van der Waals surface area contributed by atoms with Crippen LogP contribution >= 0.6 is 0 Å². The molecule has 0 aliphatic carbocycles. The molecule has 2 unspecified atom stereocenters. The smallest absolute Gasteiger partial charge is 0.119 e. The molecular formula is C23H39NO. The first-order chi connectivity index (χ1) is 11.5. The van der Waals surface area contributed by atoms with Crippen LogP contribution in [0.2, 0.25) is 0 Å². The van der Waals surface area contributed by atoms with Gasteiger partial charge in [-0.3, -0.25) is 4.90 Å². The lowest BCUT2D eigenvalue weighted by atomic mass is 9.72. The van der Waals surface area contributed by atoms with Gasteiger partial charge in [0.15, 0.2) is 0 Å². The maximum absolute atomic E-state index is 6.01. The molecule has 25 heavy (non-hydrogen) atoms. The summed E-state index contributed by atoms with van der Waals surface area (Å²) >= 11 is 0. The number of rotatable bonds is 6. The summed E-state index contributed by atoms with van der Waals surface area (Å²) in [5, 5.41) is 0. The Morgan fingerprint density at radius 3 is 2.04 bits per heavy atom. The van der Waals surface area contributed by atoms with E-state index in [0.29, 0.717) is 5.41 Å². The number of likely N-dealkylation sites (tertiary alicyclic amines) is 1. The molecule has 0 radical (unpaired) electrons. The van der Waals surface area contributed by atoms with E-state index in [1.54, 1.807) is 0 Å². The first kappa shape index (κ1) is 20.3.